The molecule has 76 valence electrons. The van der Waals surface area contributed by atoms with Crippen molar-refractivity contribution in [3.8, 4) is 0 Å². The van der Waals surface area contributed by atoms with Crippen LogP contribution in [-0.4, -0.2) is 23.3 Å². The van der Waals surface area contributed by atoms with Gasteiger partial charge in [0.25, 0.3) is 0 Å². The molecule has 0 radical (unpaired) electrons. The van der Waals surface area contributed by atoms with E-state index in [2.05, 4.69) is 32.3 Å². The van der Waals surface area contributed by atoms with Crippen molar-refractivity contribution in [3.63, 3.8) is 0 Å². The molecule has 1 aliphatic rings. The number of aromatic nitrogens is 1. The summed E-state index contributed by atoms with van der Waals surface area (Å²) in [7, 11) is 0. The van der Waals surface area contributed by atoms with Gasteiger partial charge in [0.1, 0.15) is 4.60 Å². The summed E-state index contributed by atoms with van der Waals surface area (Å²) < 4.78 is 0.918. The molecule has 0 saturated carbocycles. The van der Waals surface area contributed by atoms with Gasteiger partial charge in [0, 0.05) is 11.8 Å². The van der Waals surface area contributed by atoms with Gasteiger partial charge in [0.05, 0.1) is 5.03 Å². The van der Waals surface area contributed by atoms with E-state index in [0.29, 0.717) is 6.04 Å². The van der Waals surface area contributed by atoms with Crippen LogP contribution in [0.25, 0.3) is 0 Å². The molecule has 0 aromatic carbocycles. The molecule has 0 amide bonds. The van der Waals surface area contributed by atoms with Gasteiger partial charge >= 0.3 is 0 Å². The number of halogens is 1. The van der Waals surface area contributed by atoms with E-state index < -0.39 is 0 Å². The summed E-state index contributed by atoms with van der Waals surface area (Å²) in [6.45, 7) is 1.18. The van der Waals surface area contributed by atoms with Crippen LogP contribution in [0.2, 0.25) is 0 Å². The first-order valence-electron chi connectivity index (χ1n) is 4.83. The van der Waals surface area contributed by atoms with Crippen molar-refractivity contribution in [2.24, 2.45) is 0 Å². The summed E-state index contributed by atoms with van der Waals surface area (Å²) in [6, 6.07) is 6.73. The highest BCUT2D eigenvalue weighted by molar-refractivity contribution is 9.10. The first kappa shape index (κ1) is 10.5. The molecule has 0 unspecified atom stereocenters. The maximum absolute atomic E-state index is 4.39. The highest BCUT2D eigenvalue weighted by Crippen LogP contribution is 2.20. The number of hydrogen-bond donors (Lipinski definition) is 1. The van der Waals surface area contributed by atoms with Crippen LogP contribution < -0.4 is 5.32 Å². The predicted octanol–water partition coefficient (Wildman–Crippen LogP) is 2.69. The van der Waals surface area contributed by atoms with Crippen LogP contribution in [0.3, 0.4) is 0 Å². The van der Waals surface area contributed by atoms with Gasteiger partial charge in [-0.2, -0.15) is 0 Å². The molecular formula is C10H13BrN2S. The molecule has 1 aromatic rings. The van der Waals surface area contributed by atoms with Crippen molar-refractivity contribution in [1.82, 2.24) is 10.3 Å². The van der Waals surface area contributed by atoms with Crippen molar-refractivity contribution >= 4 is 27.7 Å². The first-order chi connectivity index (χ1) is 6.84. The highest BCUT2D eigenvalue weighted by Gasteiger charge is 2.13. The Labute approximate surface area is 97.0 Å². The summed E-state index contributed by atoms with van der Waals surface area (Å²) in [4.78, 5) is 4.39. The normalized spacial score (nSPS) is 21.4. The second-order valence-electron chi connectivity index (χ2n) is 3.40. The fraction of sp³-hybridized carbons (Fsp3) is 0.500. The van der Waals surface area contributed by atoms with Gasteiger partial charge in [-0.1, -0.05) is 6.07 Å². The molecule has 2 heterocycles. The number of thioether (sulfide) groups is 1. The third kappa shape index (κ3) is 2.97. The quantitative estimate of drug-likeness (QED) is 0.677. The third-order valence-electron chi connectivity index (χ3n) is 2.28. The number of hydrogen-bond acceptors (Lipinski definition) is 3. The van der Waals surface area contributed by atoms with Gasteiger partial charge in [0.15, 0.2) is 0 Å². The Morgan fingerprint density at radius 1 is 1.57 bits per heavy atom. The SMILES string of the molecule is Brc1cccc(SC[C@@H]2CCCN2)n1. The molecule has 1 fully saturated rings. The number of nitrogens with one attached hydrogen (secondary N) is 1. The number of rotatable bonds is 3. The Bertz CT molecular complexity index is 300. The summed E-state index contributed by atoms with van der Waals surface area (Å²) in [5.74, 6) is 1.13. The van der Waals surface area contributed by atoms with E-state index >= 15 is 0 Å². The monoisotopic (exact) mass is 272 g/mol. The lowest BCUT2D eigenvalue weighted by Gasteiger charge is -2.08. The molecule has 1 aliphatic heterocycles. The molecule has 0 spiro atoms. The zero-order valence-corrected chi connectivity index (χ0v) is 10.3. The lowest BCUT2D eigenvalue weighted by molar-refractivity contribution is 0.673. The molecule has 1 atom stereocenters. The van der Waals surface area contributed by atoms with E-state index in [0.717, 1.165) is 15.4 Å². The van der Waals surface area contributed by atoms with Crippen LogP contribution in [0.15, 0.2) is 27.8 Å². The smallest absolute Gasteiger partial charge is 0.107 e. The standard InChI is InChI=1S/C10H13BrN2S/c11-9-4-1-5-10(13-9)14-7-8-3-2-6-12-8/h1,4-5,8,12H,2-3,6-7H2/t8-/m0/s1. The van der Waals surface area contributed by atoms with Crippen molar-refractivity contribution < 1.29 is 0 Å². The molecule has 14 heavy (non-hydrogen) atoms. The van der Waals surface area contributed by atoms with E-state index in [9.17, 15) is 0 Å². The average molecular weight is 273 g/mol. The van der Waals surface area contributed by atoms with Gasteiger partial charge in [0.2, 0.25) is 0 Å². The van der Waals surface area contributed by atoms with Crippen molar-refractivity contribution in [3.05, 3.63) is 22.8 Å². The van der Waals surface area contributed by atoms with Crippen LogP contribution in [-0.2, 0) is 0 Å². The van der Waals surface area contributed by atoms with Gasteiger partial charge < -0.3 is 5.32 Å². The van der Waals surface area contributed by atoms with Crippen molar-refractivity contribution in [2.75, 3.05) is 12.3 Å². The highest BCUT2D eigenvalue weighted by atomic mass is 79.9. The van der Waals surface area contributed by atoms with Crippen molar-refractivity contribution in [2.45, 2.75) is 23.9 Å². The molecule has 0 bridgehead atoms. The van der Waals surface area contributed by atoms with E-state index in [-0.39, 0.29) is 0 Å². The minimum Gasteiger partial charge on any atom is -0.313 e. The summed E-state index contributed by atoms with van der Waals surface area (Å²) in [5, 5.41) is 4.59. The van der Waals surface area contributed by atoms with Crippen LogP contribution >= 0.6 is 27.7 Å². The second kappa shape index (κ2) is 5.14. The Hall–Kier alpha value is -0.0600. The lowest BCUT2D eigenvalue weighted by atomic mass is 10.3. The topological polar surface area (TPSA) is 24.9 Å². The van der Waals surface area contributed by atoms with E-state index in [1.165, 1.54) is 19.4 Å². The van der Waals surface area contributed by atoms with E-state index in [1.807, 2.05) is 23.9 Å². The lowest BCUT2D eigenvalue weighted by Crippen LogP contribution is -2.23. The molecule has 2 rings (SSSR count). The van der Waals surface area contributed by atoms with Gasteiger partial charge in [-0.05, 0) is 47.4 Å². The Balaban J connectivity index is 1.85. The number of nitrogens with zero attached hydrogens (tertiary/aromatic N) is 1. The number of pyridine rings is 1. The largest absolute Gasteiger partial charge is 0.313 e. The minimum absolute atomic E-state index is 0.681. The van der Waals surface area contributed by atoms with Crippen LogP contribution in [0, 0.1) is 0 Å². The molecule has 2 nitrogen and oxygen atoms in total. The summed E-state index contributed by atoms with van der Waals surface area (Å²) >= 11 is 5.20. The molecule has 1 aromatic heterocycles. The second-order valence-corrected chi connectivity index (χ2v) is 5.26. The zero-order valence-electron chi connectivity index (χ0n) is 7.87. The van der Waals surface area contributed by atoms with Gasteiger partial charge in [-0.25, -0.2) is 4.98 Å². The van der Waals surface area contributed by atoms with Gasteiger partial charge in [-0.3, -0.25) is 0 Å². The first-order valence-corrected chi connectivity index (χ1v) is 6.61. The predicted molar refractivity (Wildman–Crippen MR) is 63.7 cm³/mol. The Morgan fingerprint density at radius 2 is 2.50 bits per heavy atom. The zero-order chi connectivity index (χ0) is 9.80. The van der Waals surface area contributed by atoms with E-state index in [1.54, 1.807) is 0 Å². The van der Waals surface area contributed by atoms with Crippen LogP contribution in [0.5, 0.6) is 0 Å². The summed E-state index contributed by atoms with van der Waals surface area (Å²) in [5.41, 5.74) is 0. The maximum atomic E-state index is 4.39. The van der Waals surface area contributed by atoms with Crippen molar-refractivity contribution in [1.29, 1.82) is 0 Å². The Kier molecular flexibility index (Phi) is 3.84. The maximum Gasteiger partial charge on any atom is 0.107 e. The van der Waals surface area contributed by atoms with Crippen LogP contribution in [0.1, 0.15) is 12.8 Å². The molecule has 1 N–H and O–H groups in total. The summed E-state index contributed by atoms with van der Waals surface area (Å²) in [6.07, 6.45) is 2.62. The average Bonchev–Trinajstić information content (AvgIpc) is 2.67. The Morgan fingerprint density at radius 3 is 3.21 bits per heavy atom. The minimum atomic E-state index is 0.681. The fourth-order valence-corrected chi connectivity index (χ4v) is 3.01. The van der Waals surface area contributed by atoms with E-state index in [4.69, 9.17) is 0 Å². The van der Waals surface area contributed by atoms with Crippen LogP contribution in [0.4, 0.5) is 0 Å². The molecular weight excluding hydrogens is 260 g/mol. The molecule has 4 heteroatoms. The molecule has 1 saturated heterocycles. The van der Waals surface area contributed by atoms with Gasteiger partial charge in [-0.15, -0.1) is 11.8 Å². The fourth-order valence-electron chi connectivity index (χ4n) is 1.55. The third-order valence-corrected chi connectivity index (χ3v) is 3.82. The molecule has 0 aliphatic carbocycles.